The minimum atomic E-state index is -4.06. The van der Waals surface area contributed by atoms with E-state index < -0.39 is 29.6 Å². The van der Waals surface area contributed by atoms with Crippen molar-refractivity contribution in [1.29, 1.82) is 0 Å². The monoisotopic (exact) mass is 568 g/mol. The number of carbonyl (C=O) groups is 1. The molecule has 38 heavy (non-hydrogen) atoms. The molecule has 0 amide bonds. The van der Waals surface area contributed by atoms with Crippen LogP contribution in [-0.4, -0.2) is 101 Å². The number of hydrogen-bond acceptors (Lipinski definition) is 9. The van der Waals surface area contributed by atoms with Crippen molar-refractivity contribution < 1.29 is 32.2 Å². The number of sulfonamides is 1. The summed E-state index contributed by atoms with van der Waals surface area (Å²) < 4.78 is 53.6. The highest BCUT2D eigenvalue weighted by atomic mass is 32.2. The molecule has 13 heteroatoms. The van der Waals surface area contributed by atoms with Crippen molar-refractivity contribution in [2.45, 2.75) is 69.1 Å². The number of ether oxygens (including phenoxy) is 4. The Kier molecular flexibility index (Phi) is 8.27. The molecule has 11 nitrogen and oxygen atoms in total. The number of morpholine rings is 1. The van der Waals surface area contributed by atoms with Crippen LogP contribution in [0.3, 0.4) is 0 Å². The topological polar surface area (TPSA) is 112 Å². The highest BCUT2D eigenvalue weighted by Crippen LogP contribution is 2.34. The fourth-order valence-corrected chi connectivity index (χ4v) is 7.18. The molecular weight excluding hydrogens is 528 g/mol. The molecule has 2 aliphatic rings. The van der Waals surface area contributed by atoms with Gasteiger partial charge in [0.05, 0.1) is 55.5 Å². The molecule has 0 aliphatic carbocycles. The molecule has 0 spiro atoms. The third-order valence-electron chi connectivity index (χ3n) is 6.94. The predicted molar refractivity (Wildman–Crippen MR) is 146 cm³/mol. The van der Waals surface area contributed by atoms with E-state index in [-0.39, 0.29) is 42.9 Å². The minimum Gasteiger partial charge on any atom is -0.463 e. The van der Waals surface area contributed by atoms with Crippen molar-refractivity contribution in [1.82, 2.24) is 13.7 Å². The van der Waals surface area contributed by atoms with Crippen molar-refractivity contribution in [3.05, 3.63) is 24.3 Å². The van der Waals surface area contributed by atoms with Crippen LogP contribution in [0.4, 0.5) is 5.69 Å². The molecule has 0 unspecified atom stereocenters. The van der Waals surface area contributed by atoms with Gasteiger partial charge in [0.2, 0.25) is 15.8 Å². The summed E-state index contributed by atoms with van der Waals surface area (Å²) in [5.41, 5.74) is 0.530. The maximum atomic E-state index is 14.2. The van der Waals surface area contributed by atoms with Crippen molar-refractivity contribution >= 4 is 35.3 Å². The number of rotatable bonds is 10. The maximum Gasteiger partial charge on any atom is 0.374 e. The van der Waals surface area contributed by atoms with E-state index in [9.17, 15) is 13.2 Å². The number of methoxy groups -OCH3 is 1. The van der Waals surface area contributed by atoms with Crippen LogP contribution in [0.15, 0.2) is 23.4 Å². The molecule has 212 valence electrons. The Labute approximate surface area is 226 Å². The second-order valence-corrected chi connectivity index (χ2v) is 19.2. The zero-order valence-corrected chi connectivity index (χ0v) is 25.2. The molecule has 2 fully saturated rings. The highest BCUT2D eigenvalue weighted by molar-refractivity contribution is 7.89. The lowest BCUT2D eigenvalue weighted by Gasteiger charge is -2.45. The number of anilines is 1. The zero-order valence-electron chi connectivity index (χ0n) is 23.4. The molecular formula is C25H40N4O7SSi. The van der Waals surface area contributed by atoms with Crippen LogP contribution in [-0.2, 0) is 29.0 Å². The molecule has 2 aromatic rings. The normalized spacial score (nSPS) is 22.1. The Morgan fingerprint density at radius 1 is 1.24 bits per heavy atom. The van der Waals surface area contributed by atoms with E-state index in [1.54, 1.807) is 12.3 Å². The molecule has 2 aliphatic heterocycles. The Hall–Kier alpha value is -2.03. The van der Waals surface area contributed by atoms with Gasteiger partial charge in [0.15, 0.2) is 0 Å². The maximum absolute atomic E-state index is 14.2. The fourth-order valence-electron chi connectivity index (χ4n) is 4.78. The summed E-state index contributed by atoms with van der Waals surface area (Å²) in [6, 6.07) is 2.59. The molecule has 2 aromatic heterocycles. The molecule has 0 aromatic carbocycles. The van der Waals surface area contributed by atoms with Crippen molar-refractivity contribution in [2.24, 2.45) is 0 Å². The Balaban J connectivity index is 1.79. The lowest BCUT2D eigenvalue weighted by molar-refractivity contribution is -0.124. The van der Waals surface area contributed by atoms with Crippen molar-refractivity contribution in [3.63, 3.8) is 0 Å². The van der Waals surface area contributed by atoms with Gasteiger partial charge in [-0.05, 0) is 32.9 Å². The third-order valence-corrected chi connectivity index (χ3v) is 10.6. The Bertz CT molecular complexity index is 1260. The molecule has 2 saturated heterocycles. The van der Waals surface area contributed by atoms with Gasteiger partial charge in [-0.15, -0.1) is 0 Å². The first-order valence-corrected chi connectivity index (χ1v) is 18.1. The van der Waals surface area contributed by atoms with E-state index in [0.717, 1.165) is 6.04 Å². The van der Waals surface area contributed by atoms with Crippen LogP contribution < -0.4 is 4.90 Å². The summed E-state index contributed by atoms with van der Waals surface area (Å²) in [6.07, 6.45) is 2.91. The second kappa shape index (κ2) is 10.9. The number of hydrogen-bond donors (Lipinski definition) is 0. The first-order valence-electron chi connectivity index (χ1n) is 12.9. The number of imidazole rings is 1. The second-order valence-electron chi connectivity index (χ2n) is 11.7. The molecule has 0 N–H and O–H groups in total. The van der Waals surface area contributed by atoms with E-state index in [1.165, 1.54) is 22.0 Å². The average molecular weight is 569 g/mol. The van der Waals surface area contributed by atoms with E-state index in [4.69, 9.17) is 18.9 Å². The number of esters is 1. The number of nitrogens with zero attached hydrogens (tertiary/aromatic N) is 4. The van der Waals surface area contributed by atoms with Gasteiger partial charge < -0.3 is 23.8 Å². The van der Waals surface area contributed by atoms with Crippen LogP contribution in [0.25, 0.3) is 5.52 Å². The van der Waals surface area contributed by atoms with Crippen LogP contribution in [0, 0.1) is 0 Å². The zero-order chi connectivity index (χ0) is 27.9. The Morgan fingerprint density at radius 3 is 2.45 bits per heavy atom. The SMILES string of the molecule is COC(=O)c1ncc2c(N3C[C@H](C)O[C@@H](C)C3)cc(S(=O)(=O)N(COCC[Si](C)(C)C)C3(C)COC3)cn12. The molecule has 4 rings (SSSR count). The lowest BCUT2D eigenvalue weighted by atomic mass is 10.0. The summed E-state index contributed by atoms with van der Waals surface area (Å²) in [5.74, 6) is -0.647. The molecule has 2 atom stereocenters. The van der Waals surface area contributed by atoms with E-state index in [0.29, 0.717) is 30.9 Å². The van der Waals surface area contributed by atoms with Gasteiger partial charge in [0, 0.05) is 34.0 Å². The molecule has 4 heterocycles. The summed E-state index contributed by atoms with van der Waals surface area (Å²) in [4.78, 5) is 18.9. The standard InChI is InChI=1S/C25H40N4O7SSi/c1-18-12-27(13-19(2)36-18)21-10-20(14-28-22(21)11-26-23(28)24(30)33-4)37(31,32)29(25(3)15-35-16-25)17-34-8-9-38(5,6)7/h10-11,14,18-19H,8-9,12-13,15-17H2,1-7H3/t18-,19-/m0/s1. The lowest BCUT2D eigenvalue weighted by Crippen LogP contribution is -2.62. The van der Waals surface area contributed by atoms with E-state index in [2.05, 4.69) is 29.5 Å². The van der Waals surface area contributed by atoms with Gasteiger partial charge in [-0.2, -0.15) is 4.31 Å². The predicted octanol–water partition coefficient (Wildman–Crippen LogP) is 2.83. The molecule has 0 saturated carbocycles. The molecule has 0 radical (unpaired) electrons. The largest absolute Gasteiger partial charge is 0.463 e. The Morgan fingerprint density at radius 2 is 1.89 bits per heavy atom. The number of aromatic nitrogens is 2. The van der Waals surface area contributed by atoms with Crippen LogP contribution >= 0.6 is 0 Å². The van der Waals surface area contributed by atoms with Gasteiger partial charge in [-0.25, -0.2) is 18.2 Å². The highest BCUT2D eigenvalue weighted by Gasteiger charge is 2.47. The quantitative estimate of drug-likeness (QED) is 0.185. The van der Waals surface area contributed by atoms with Crippen molar-refractivity contribution in [2.75, 3.05) is 51.7 Å². The van der Waals surface area contributed by atoms with Crippen LogP contribution in [0.5, 0.6) is 0 Å². The van der Waals surface area contributed by atoms with Crippen molar-refractivity contribution in [3.8, 4) is 0 Å². The first kappa shape index (κ1) is 29.0. The van der Waals surface area contributed by atoms with E-state index >= 15 is 0 Å². The van der Waals surface area contributed by atoms with Gasteiger partial charge >= 0.3 is 5.97 Å². The van der Waals surface area contributed by atoms with E-state index in [1.807, 2.05) is 20.8 Å². The summed E-state index contributed by atoms with van der Waals surface area (Å²) >= 11 is 0. The summed E-state index contributed by atoms with van der Waals surface area (Å²) in [6.45, 7) is 14.7. The van der Waals surface area contributed by atoms with Gasteiger partial charge in [0.1, 0.15) is 11.6 Å². The molecule has 0 bridgehead atoms. The van der Waals surface area contributed by atoms with Gasteiger partial charge in [-0.1, -0.05) is 19.6 Å². The number of fused-ring (bicyclic) bond motifs is 1. The average Bonchev–Trinajstić information content (AvgIpc) is 3.24. The minimum absolute atomic E-state index is 0.00582. The summed E-state index contributed by atoms with van der Waals surface area (Å²) in [7, 11) is -4.14. The number of pyridine rings is 1. The van der Waals surface area contributed by atoms with Crippen LogP contribution in [0.1, 0.15) is 31.4 Å². The third kappa shape index (κ3) is 5.92. The first-order chi connectivity index (χ1) is 17.7. The van der Waals surface area contributed by atoms with Crippen LogP contribution in [0.2, 0.25) is 25.7 Å². The fraction of sp³-hybridized carbons (Fsp3) is 0.680. The number of carbonyl (C=O) groups excluding carboxylic acids is 1. The van der Waals surface area contributed by atoms with Gasteiger partial charge in [-0.3, -0.25) is 4.40 Å². The summed E-state index contributed by atoms with van der Waals surface area (Å²) in [5, 5.41) is 0. The van der Waals surface area contributed by atoms with Gasteiger partial charge in [0.25, 0.3) is 0 Å². The smallest absolute Gasteiger partial charge is 0.374 e.